The van der Waals surface area contributed by atoms with Gasteiger partial charge in [0.2, 0.25) is 0 Å². The number of benzene rings is 8. The molecule has 12 rings (SSSR count). The first kappa shape index (κ1) is 28.6. The predicted octanol–water partition coefficient (Wildman–Crippen LogP) is 12.9. The van der Waals surface area contributed by atoms with Crippen molar-refractivity contribution in [2.24, 2.45) is 0 Å². The normalized spacial score (nSPS) is 17.8. The van der Waals surface area contributed by atoms with Crippen LogP contribution >= 0.6 is 10.0 Å². The van der Waals surface area contributed by atoms with Crippen LogP contribution in [-0.2, 0) is 5.41 Å². The quantitative estimate of drug-likeness (QED) is 0.167. The average molecular weight is 683 g/mol. The van der Waals surface area contributed by atoms with Gasteiger partial charge in [0, 0.05) is 31.8 Å². The molecule has 2 aliphatic heterocycles. The number of fused-ring (bicyclic) bond motifs is 16. The fourth-order valence-corrected chi connectivity index (χ4v) is 12.9. The van der Waals surface area contributed by atoms with Crippen LogP contribution in [0.1, 0.15) is 22.3 Å². The van der Waals surface area contributed by atoms with E-state index < -0.39 is 15.4 Å². The second-order valence-electron chi connectivity index (χ2n) is 14.9. The van der Waals surface area contributed by atoms with E-state index >= 15 is 0 Å². The van der Waals surface area contributed by atoms with Crippen molar-refractivity contribution < 1.29 is 0 Å². The molecule has 3 heteroatoms. The maximum Gasteiger partial charge on any atom is 0.0754 e. The molecule has 0 amide bonds. The summed E-state index contributed by atoms with van der Waals surface area (Å²) >= 11 is 0. The van der Waals surface area contributed by atoms with E-state index in [4.69, 9.17) is 0 Å². The number of anilines is 3. The lowest BCUT2D eigenvalue weighted by atomic mass is 9.65. The van der Waals surface area contributed by atoms with Gasteiger partial charge >= 0.3 is 0 Å². The van der Waals surface area contributed by atoms with Crippen molar-refractivity contribution in [2.45, 2.75) is 15.2 Å². The van der Waals surface area contributed by atoms with Crippen LogP contribution < -0.4 is 4.90 Å². The van der Waals surface area contributed by atoms with Crippen molar-refractivity contribution in [2.75, 3.05) is 17.4 Å². The molecule has 246 valence electrons. The molecule has 0 N–H and O–H groups in total. The summed E-state index contributed by atoms with van der Waals surface area (Å²) in [6.45, 7) is 0. The summed E-state index contributed by atoms with van der Waals surface area (Å²) < 4.78 is 2.53. The summed E-state index contributed by atoms with van der Waals surface area (Å²) in [6.07, 6.45) is 5.04. The average Bonchev–Trinajstić information content (AvgIpc) is 3.68. The van der Waals surface area contributed by atoms with E-state index in [0.29, 0.717) is 0 Å². The van der Waals surface area contributed by atoms with Crippen LogP contribution in [0.4, 0.5) is 17.1 Å². The van der Waals surface area contributed by atoms with Crippen molar-refractivity contribution in [3.8, 4) is 16.8 Å². The Labute approximate surface area is 304 Å². The van der Waals surface area contributed by atoms with Gasteiger partial charge in [-0.3, -0.25) is 0 Å². The number of hydrogen-bond acceptors (Lipinski definition) is 1. The monoisotopic (exact) mass is 682 g/mol. The molecular weight excluding hydrogens is 649 g/mol. The third-order valence-corrected chi connectivity index (χ3v) is 15.1. The van der Waals surface area contributed by atoms with Crippen LogP contribution in [0, 0.1) is 0 Å². The van der Waals surface area contributed by atoms with E-state index in [2.05, 4.69) is 192 Å². The second kappa shape index (κ2) is 9.85. The van der Waals surface area contributed by atoms with Gasteiger partial charge in [-0.2, -0.15) is 10.0 Å². The van der Waals surface area contributed by atoms with E-state index in [-0.39, 0.29) is 0 Å². The molecule has 8 aromatic carbocycles. The zero-order valence-electron chi connectivity index (χ0n) is 29.0. The Morgan fingerprint density at radius 3 is 2.08 bits per heavy atom. The van der Waals surface area contributed by atoms with Crippen LogP contribution in [0.15, 0.2) is 180 Å². The lowest BCUT2D eigenvalue weighted by Crippen LogP contribution is -2.33. The summed E-state index contributed by atoms with van der Waals surface area (Å²) in [5, 5.41) is 5.13. The number of aromatic nitrogens is 1. The molecule has 0 radical (unpaired) electrons. The summed E-state index contributed by atoms with van der Waals surface area (Å²) in [5.41, 5.74) is 15.4. The molecule has 0 bridgehead atoms. The molecule has 52 heavy (non-hydrogen) atoms. The maximum atomic E-state index is 2.54. The Morgan fingerprint density at radius 1 is 0.481 bits per heavy atom. The molecular formula is C49H34N2S. The number of hydrogen-bond donors (Lipinski definition) is 0. The molecule has 9 aromatic rings. The van der Waals surface area contributed by atoms with Crippen LogP contribution in [-0.4, -0.2) is 17.1 Å². The Hall–Kier alpha value is -6.03. The molecule has 1 unspecified atom stereocenters. The van der Waals surface area contributed by atoms with Gasteiger partial charge in [-0.25, -0.2) is 0 Å². The van der Waals surface area contributed by atoms with Crippen molar-refractivity contribution in [3.63, 3.8) is 0 Å². The highest BCUT2D eigenvalue weighted by molar-refractivity contribution is 8.33. The Balaban J connectivity index is 1.24. The first-order valence-corrected chi connectivity index (χ1v) is 20.5. The Kier molecular flexibility index (Phi) is 5.42. The molecule has 0 saturated heterocycles. The fraction of sp³-hybridized carbons (Fsp3) is 0.0612. The maximum absolute atomic E-state index is 2.54. The molecule has 1 spiro atoms. The van der Waals surface area contributed by atoms with Crippen LogP contribution in [0.25, 0.3) is 49.4 Å². The largest absolute Gasteiger partial charge is 0.309 e. The van der Waals surface area contributed by atoms with Gasteiger partial charge in [0.1, 0.15) is 0 Å². The molecule has 2 nitrogen and oxygen atoms in total. The molecule has 1 aliphatic carbocycles. The molecule has 0 fully saturated rings. The summed E-state index contributed by atoms with van der Waals surface area (Å²) in [6, 6.07) is 64.1. The number of nitrogens with zero attached hydrogens (tertiary/aromatic N) is 2. The Bertz CT molecular complexity index is 3020. The van der Waals surface area contributed by atoms with E-state index in [1.165, 1.54) is 98.5 Å². The second-order valence-corrected chi connectivity index (χ2v) is 18.4. The lowest BCUT2D eigenvalue weighted by Gasteiger charge is -2.46. The van der Waals surface area contributed by atoms with Crippen molar-refractivity contribution in [1.82, 2.24) is 4.57 Å². The minimum Gasteiger partial charge on any atom is -0.309 e. The standard InChI is InChI=1S/C49H34N2S/c1-52(2)45-25-12-11-24-43(45)50(33-27-26-31-14-3-4-15-32(31)30-33)44-29-28-39-46(48(44)52)36-17-5-7-19-37(36)49(39)38-20-8-10-23-42(38)51-41-22-9-6-16-34(41)35-18-13-21-40(49)47(35)51/h3-30H,1-2H3. The van der Waals surface area contributed by atoms with E-state index in [1.54, 1.807) is 0 Å². The minimum atomic E-state index is -1.47. The molecule has 1 aromatic heterocycles. The van der Waals surface area contributed by atoms with Crippen molar-refractivity contribution >= 4 is 59.7 Å². The third kappa shape index (κ3) is 3.29. The minimum absolute atomic E-state index is 0.471. The van der Waals surface area contributed by atoms with Gasteiger partial charge in [0.15, 0.2) is 0 Å². The summed E-state index contributed by atoms with van der Waals surface area (Å²) in [7, 11) is -1.47. The van der Waals surface area contributed by atoms with Gasteiger partial charge in [0.05, 0.1) is 33.5 Å². The van der Waals surface area contributed by atoms with E-state index in [1.807, 2.05) is 0 Å². The highest BCUT2D eigenvalue weighted by atomic mass is 32.3. The topological polar surface area (TPSA) is 8.17 Å². The SMILES string of the molecule is CS1(C)c2ccccc2N(c2ccc3ccccc3c2)c2ccc3c(c21)-c1ccccc1C31c2ccccc2-n2c3ccccc3c3cccc1c32. The van der Waals surface area contributed by atoms with Gasteiger partial charge in [-0.15, -0.1) is 0 Å². The highest BCUT2D eigenvalue weighted by Gasteiger charge is 2.53. The van der Waals surface area contributed by atoms with Crippen molar-refractivity contribution in [1.29, 1.82) is 0 Å². The zero-order valence-corrected chi connectivity index (χ0v) is 29.8. The first-order chi connectivity index (χ1) is 25.6. The van der Waals surface area contributed by atoms with Gasteiger partial charge in [-0.1, -0.05) is 127 Å². The Morgan fingerprint density at radius 2 is 1.17 bits per heavy atom. The van der Waals surface area contributed by atoms with Crippen LogP contribution in [0.2, 0.25) is 0 Å². The summed E-state index contributed by atoms with van der Waals surface area (Å²) in [5.74, 6) is 0. The fourth-order valence-electron chi connectivity index (χ4n) is 10.2. The molecule has 1 atom stereocenters. The predicted molar refractivity (Wildman–Crippen MR) is 220 cm³/mol. The van der Waals surface area contributed by atoms with Gasteiger partial charge < -0.3 is 9.47 Å². The zero-order chi connectivity index (χ0) is 34.3. The smallest absolute Gasteiger partial charge is 0.0754 e. The molecule has 3 aliphatic rings. The number of rotatable bonds is 1. The molecule has 0 saturated carbocycles. The summed E-state index contributed by atoms with van der Waals surface area (Å²) in [4.78, 5) is 5.43. The first-order valence-electron chi connectivity index (χ1n) is 18.1. The van der Waals surface area contributed by atoms with E-state index in [9.17, 15) is 0 Å². The van der Waals surface area contributed by atoms with Crippen LogP contribution in [0.5, 0.6) is 0 Å². The third-order valence-electron chi connectivity index (χ3n) is 12.2. The van der Waals surface area contributed by atoms with Gasteiger partial charge in [0.25, 0.3) is 0 Å². The van der Waals surface area contributed by atoms with E-state index in [0.717, 1.165) is 0 Å². The molecule has 3 heterocycles. The van der Waals surface area contributed by atoms with Crippen LogP contribution in [0.3, 0.4) is 0 Å². The van der Waals surface area contributed by atoms with Gasteiger partial charge in [-0.05, 0) is 93.6 Å². The lowest BCUT2D eigenvalue weighted by molar-refractivity contribution is 0.747. The van der Waals surface area contributed by atoms with Crippen molar-refractivity contribution in [3.05, 3.63) is 192 Å². The number of para-hydroxylation sites is 4. The highest BCUT2D eigenvalue weighted by Crippen LogP contribution is 2.73.